The van der Waals surface area contributed by atoms with Crippen LogP contribution in [0, 0.1) is 0 Å². The molecule has 0 fully saturated rings. The highest BCUT2D eigenvalue weighted by atomic mass is 32.1. The topological polar surface area (TPSA) is 169 Å². The molecule has 2 amide bonds. The van der Waals surface area contributed by atoms with Crippen LogP contribution < -0.4 is 20.1 Å². The molecule has 222 valence electrons. The molecule has 0 spiro atoms. The van der Waals surface area contributed by atoms with Crippen molar-refractivity contribution < 1.29 is 29.3 Å². The number of aliphatic hydroxyl groups excluding tert-OH is 2. The number of nitrogens with one attached hydrogen (secondary N) is 2. The van der Waals surface area contributed by atoms with Crippen LogP contribution >= 0.6 is 22.7 Å². The molecule has 0 saturated carbocycles. The lowest BCUT2D eigenvalue weighted by molar-refractivity contribution is -0.116. The first kappa shape index (κ1) is 31.0. The van der Waals surface area contributed by atoms with E-state index in [1.165, 1.54) is 22.7 Å². The monoisotopic (exact) mass is 612 g/mol. The molecular formula is C28H32N6O6S2. The third kappa shape index (κ3) is 10.4. The first-order valence-electron chi connectivity index (χ1n) is 13.4. The van der Waals surface area contributed by atoms with Gasteiger partial charge in [-0.25, -0.2) is 0 Å². The molecule has 0 radical (unpaired) electrons. The van der Waals surface area contributed by atoms with E-state index in [-0.39, 0.29) is 51.1 Å². The van der Waals surface area contributed by atoms with E-state index in [0.717, 1.165) is 46.8 Å². The van der Waals surface area contributed by atoms with E-state index < -0.39 is 0 Å². The van der Waals surface area contributed by atoms with Gasteiger partial charge in [-0.1, -0.05) is 46.9 Å². The molecule has 0 unspecified atom stereocenters. The number of anilines is 2. The van der Waals surface area contributed by atoms with Crippen LogP contribution in [0.5, 0.6) is 11.5 Å². The van der Waals surface area contributed by atoms with Crippen LogP contribution in [0.4, 0.5) is 10.3 Å². The molecule has 12 nitrogen and oxygen atoms in total. The maximum atomic E-state index is 12.4. The molecule has 4 rings (SSSR count). The summed E-state index contributed by atoms with van der Waals surface area (Å²) in [6, 6.07) is 14.4. The van der Waals surface area contributed by atoms with Gasteiger partial charge in [-0.2, -0.15) is 0 Å². The van der Waals surface area contributed by atoms with Crippen molar-refractivity contribution in [1.82, 2.24) is 20.4 Å². The SMILES string of the molecule is O=C(Cc1cccc(OCCO)c1)Nc1nnc(CCCCc2nnc(NC(=O)Cc3cccc(OCCO)c3)s2)s1. The fourth-order valence-electron chi connectivity index (χ4n) is 3.88. The first-order valence-corrected chi connectivity index (χ1v) is 15.0. The van der Waals surface area contributed by atoms with Crippen LogP contribution in [0.3, 0.4) is 0 Å². The Kier molecular flexibility index (Phi) is 12.1. The Balaban J connectivity index is 1.14. The molecule has 4 aromatic rings. The summed E-state index contributed by atoms with van der Waals surface area (Å²) in [4.78, 5) is 24.9. The number of carbonyl (C=O) groups excluding carboxylic acids is 2. The number of carbonyl (C=O) groups is 2. The molecular weight excluding hydrogens is 580 g/mol. The van der Waals surface area contributed by atoms with Gasteiger partial charge < -0.3 is 30.3 Å². The molecule has 0 bridgehead atoms. The van der Waals surface area contributed by atoms with Gasteiger partial charge in [-0.3, -0.25) is 9.59 Å². The number of ether oxygens (including phenoxy) is 2. The summed E-state index contributed by atoms with van der Waals surface area (Å²) in [6.45, 7) is 0.247. The Labute approximate surface area is 250 Å². The number of aliphatic hydroxyl groups is 2. The van der Waals surface area contributed by atoms with Gasteiger partial charge in [0.05, 0.1) is 26.1 Å². The quantitative estimate of drug-likeness (QED) is 0.130. The highest BCUT2D eigenvalue weighted by Gasteiger charge is 2.12. The Morgan fingerprint density at radius 2 is 1.14 bits per heavy atom. The van der Waals surface area contributed by atoms with Gasteiger partial charge in [-0.15, -0.1) is 20.4 Å². The predicted octanol–water partition coefficient (Wildman–Crippen LogP) is 3.06. The lowest BCUT2D eigenvalue weighted by Gasteiger charge is -2.06. The van der Waals surface area contributed by atoms with E-state index in [1.54, 1.807) is 36.4 Å². The second-order valence-corrected chi connectivity index (χ2v) is 11.2. The highest BCUT2D eigenvalue weighted by molar-refractivity contribution is 7.15. The largest absolute Gasteiger partial charge is 0.491 e. The van der Waals surface area contributed by atoms with E-state index >= 15 is 0 Å². The summed E-state index contributed by atoms with van der Waals surface area (Å²) in [5.41, 5.74) is 1.59. The predicted molar refractivity (Wildman–Crippen MR) is 159 cm³/mol. The Hall–Kier alpha value is -3.98. The van der Waals surface area contributed by atoms with Gasteiger partial charge >= 0.3 is 0 Å². The number of rotatable bonds is 17. The summed E-state index contributed by atoms with van der Waals surface area (Å²) in [5.74, 6) is 0.810. The van der Waals surface area contributed by atoms with E-state index in [4.69, 9.17) is 19.7 Å². The Bertz CT molecular complexity index is 1340. The molecule has 0 aliphatic carbocycles. The van der Waals surface area contributed by atoms with Crippen LogP contribution in [0.1, 0.15) is 34.0 Å². The van der Waals surface area contributed by atoms with E-state index in [2.05, 4.69) is 31.0 Å². The third-order valence-electron chi connectivity index (χ3n) is 5.70. The van der Waals surface area contributed by atoms with Gasteiger partial charge in [0.25, 0.3) is 0 Å². The maximum absolute atomic E-state index is 12.4. The van der Waals surface area contributed by atoms with E-state index in [1.807, 2.05) is 12.1 Å². The molecule has 14 heteroatoms. The molecule has 2 heterocycles. The number of amides is 2. The van der Waals surface area contributed by atoms with Crippen molar-refractivity contribution >= 4 is 44.8 Å². The van der Waals surface area contributed by atoms with E-state index in [9.17, 15) is 9.59 Å². The summed E-state index contributed by atoms with van der Waals surface area (Å²) in [7, 11) is 0. The fraction of sp³-hybridized carbons (Fsp3) is 0.357. The fourth-order valence-corrected chi connectivity index (χ4v) is 5.47. The lowest BCUT2D eigenvalue weighted by atomic mass is 10.1. The number of hydrogen-bond donors (Lipinski definition) is 4. The molecule has 0 aliphatic rings. The number of aromatic nitrogens is 4. The summed E-state index contributed by atoms with van der Waals surface area (Å²) in [6.07, 6.45) is 3.51. The van der Waals surface area contributed by atoms with Crippen molar-refractivity contribution in [2.75, 3.05) is 37.1 Å². The van der Waals surface area contributed by atoms with Crippen molar-refractivity contribution in [2.45, 2.75) is 38.5 Å². The van der Waals surface area contributed by atoms with Crippen molar-refractivity contribution in [2.24, 2.45) is 0 Å². The molecule has 4 N–H and O–H groups in total. The normalized spacial score (nSPS) is 10.8. The zero-order chi connectivity index (χ0) is 29.6. The van der Waals surface area contributed by atoms with Crippen LogP contribution in [0.15, 0.2) is 48.5 Å². The standard InChI is InChI=1S/C28H32N6O6S2/c35-11-13-39-21-7-3-5-19(15-21)17-23(37)29-27-33-31-25(41-27)9-1-2-10-26-32-34-28(42-26)30-24(38)18-20-6-4-8-22(16-20)40-14-12-36/h3-8,15-16,35-36H,1-2,9-14,17-18H2,(H,29,33,37)(H,30,34,38). The molecule has 0 atom stereocenters. The highest BCUT2D eigenvalue weighted by Crippen LogP contribution is 2.21. The Morgan fingerprint density at radius 3 is 1.57 bits per heavy atom. The Morgan fingerprint density at radius 1 is 0.690 bits per heavy atom. The van der Waals surface area contributed by atoms with Gasteiger partial charge in [0, 0.05) is 12.8 Å². The summed E-state index contributed by atoms with van der Waals surface area (Å²) < 4.78 is 10.8. The van der Waals surface area contributed by atoms with Gasteiger partial charge in [0.15, 0.2) is 0 Å². The summed E-state index contributed by atoms with van der Waals surface area (Å²) >= 11 is 2.70. The summed E-state index contributed by atoms with van der Waals surface area (Å²) in [5, 5.41) is 42.5. The first-order chi connectivity index (χ1) is 20.5. The number of unbranched alkanes of at least 4 members (excludes halogenated alkanes) is 1. The molecule has 0 saturated heterocycles. The van der Waals surface area contributed by atoms with Crippen molar-refractivity contribution in [1.29, 1.82) is 0 Å². The van der Waals surface area contributed by atoms with Crippen LogP contribution in [0.2, 0.25) is 0 Å². The number of hydrogen-bond acceptors (Lipinski definition) is 12. The van der Waals surface area contributed by atoms with Crippen molar-refractivity contribution in [3.05, 3.63) is 69.7 Å². The smallest absolute Gasteiger partial charge is 0.230 e. The maximum Gasteiger partial charge on any atom is 0.230 e. The van der Waals surface area contributed by atoms with Gasteiger partial charge in [0.1, 0.15) is 34.7 Å². The molecule has 0 aliphatic heterocycles. The van der Waals surface area contributed by atoms with Gasteiger partial charge in [-0.05, 0) is 48.2 Å². The second kappa shape index (κ2) is 16.5. The van der Waals surface area contributed by atoms with Crippen LogP contribution in [-0.2, 0) is 35.3 Å². The van der Waals surface area contributed by atoms with Crippen molar-refractivity contribution in [3.8, 4) is 11.5 Å². The average molecular weight is 613 g/mol. The minimum atomic E-state index is -0.197. The molecule has 2 aromatic heterocycles. The van der Waals surface area contributed by atoms with Crippen LogP contribution in [-0.4, -0.2) is 68.8 Å². The van der Waals surface area contributed by atoms with Gasteiger partial charge in [0.2, 0.25) is 22.1 Å². The average Bonchev–Trinajstić information content (AvgIpc) is 3.62. The van der Waals surface area contributed by atoms with E-state index in [0.29, 0.717) is 21.8 Å². The third-order valence-corrected chi connectivity index (χ3v) is 7.50. The molecule has 2 aromatic carbocycles. The van der Waals surface area contributed by atoms with Crippen LogP contribution in [0.25, 0.3) is 0 Å². The number of benzene rings is 2. The number of nitrogens with zero attached hydrogens (tertiary/aromatic N) is 4. The zero-order valence-corrected chi connectivity index (χ0v) is 24.5. The number of aryl methyl sites for hydroxylation is 2. The molecule has 42 heavy (non-hydrogen) atoms. The minimum Gasteiger partial charge on any atom is -0.491 e. The lowest BCUT2D eigenvalue weighted by Crippen LogP contribution is -2.14. The van der Waals surface area contributed by atoms with Crippen molar-refractivity contribution in [3.63, 3.8) is 0 Å². The zero-order valence-electron chi connectivity index (χ0n) is 22.8. The second-order valence-electron chi connectivity index (χ2n) is 9.10. The minimum absolute atomic E-state index is 0.0749.